The van der Waals surface area contributed by atoms with E-state index in [2.05, 4.69) is 10.6 Å². The third kappa shape index (κ3) is 15.2. The molecule has 35 heavy (non-hydrogen) atoms. The number of nitrogens with one attached hydrogen (secondary N) is 2. The van der Waals surface area contributed by atoms with Crippen LogP contribution in [-0.4, -0.2) is 69.8 Å². The van der Waals surface area contributed by atoms with Crippen LogP contribution in [0.1, 0.15) is 58.9 Å². The van der Waals surface area contributed by atoms with Crippen LogP contribution in [0.2, 0.25) is 0 Å². The molecule has 10 heteroatoms. The zero-order valence-corrected chi connectivity index (χ0v) is 21.1. The average Bonchev–Trinajstić information content (AvgIpc) is 2.84. The summed E-state index contributed by atoms with van der Waals surface area (Å²) >= 11 is 0. The van der Waals surface area contributed by atoms with Crippen molar-refractivity contribution in [2.24, 2.45) is 11.8 Å². The smallest absolute Gasteiger partial charge is 0.325 e. The van der Waals surface area contributed by atoms with Crippen LogP contribution in [0, 0.1) is 11.8 Å². The van der Waals surface area contributed by atoms with Gasteiger partial charge in [-0.1, -0.05) is 70.9 Å². The van der Waals surface area contributed by atoms with Crippen LogP contribution in [-0.2, 0) is 25.7 Å². The van der Waals surface area contributed by atoms with Crippen molar-refractivity contribution in [3.63, 3.8) is 0 Å². The molecule has 0 bridgehead atoms. The van der Waals surface area contributed by atoms with E-state index in [0.717, 1.165) is 31.2 Å². The number of ether oxygens (including phenoxy) is 1. The molecule has 0 radical (unpaired) electrons. The summed E-state index contributed by atoms with van der Waals surface area (Å²) in [5.74, 6) is -1.86. The summed E-state index contributed by atoms with van der Waals surface area (Å²) in [7, 11) is 0. The standard InChI is InChI=1S/C16H23NO4.C9H19NO4/c1-3-7-12(2)15(19)16(20)17-10-14(18)21-11-13-8-5-4-6-9-13;1-3-4-6(2)8(13)9(14)10-5-7(11)12/h4-6,8-9,12,15,19H,3,7,10-11H2,1-2H3,(H,17,20);6-8,11-13H,3-5H2,1-2H3,(H,10,14). The fourth-order valence-electron chi connectivity index (χ4n) is 3.09. The minimum atomic E-state index is -1.58. The minimum Gasteiger partial charge on any atom is -0.460 e. The maximum absolute atomic E-state index is 11.7. The first-order chi connectivity index (χ1) is 16.5. The first-order valence-corrected chi connectivity index (χ1v) is 12.0. The van der Waals surface area contributed by atoms with E-state index in [1.54, 1.807) is 6.92 Å². The quantitative estimate of drug-likeness (QED) is 0.162. The first-order valence-electron chi connectivity index (χ1n) is 12.0. The van der Waals surface area contributed by atoms with Crippen molar-refractivity contribution in [3.05, 3.63) is 35.9 Å². The second kappa shape index (κ2) is 18.8. The molecule has 0 saturated heterocycles. The topological polar surface area (TPSA) is 165 Å². The highest BCUT2D eigenvalue weighted by molar-refractivity contribution is 5.85. The fourth-order valence-corrected chi connectivity index (χ4v) is 3.09. The van der Waals surface area contributed by atoms with Gasteiger partial charge in [-0.05, 0) is 30.2 Å². The number of esters is 1. The summed E-state index contributed by atoms with van der Waals surface area (Å²) in [5, 5.41) is 40.8. The number of aliphatic hydroxyl groups is 4. The van der Waals surface area contributed by atoms with Crippen LogP contribution < -0.4 is 10.6 Å². The maximum atomic E-state index is 11.7. The van der Waals surface area contributed by atoms with Gasteiger partial charge in [0.15, 0.2) is 6.29 Å². The predicted molar refractivity (Wildman–Crippen MR) is 131 cm³/mol. The van der Waals surface area contributed by atoms with E-state index < -0.39 is 36.3 Å². The summed E-state index contributed by atoms with van der Waals surface area (Å²) in [6.45, 7) is 7.23. The van der Waals surface area contributed by atoms with Crippen molar-refractivity contribution >= 4 is 17.8 Å². The molecule has 0 aliphatic carbocycles. The molecular formula is C25H42N2O8. The molecule has 6 N–H and O–H groups in total. The van der Waals surface area contributed by atoms with E-state index in [1.165, 1.54) is 0 Å². The van der Waals surface area contributed by atoms with Crippen LogP contribution in [0.25, 0.3) is 0 Å². The molecule has 0 heterocycles. The van der Waals surface area contributed by atoms with Gasteiger partial charge in [-0.25, -0.2) is 0 Å². The van der Waals surface area contributed by atoms with Gasteiger partial charge in [0.25, 0.3) is 0 Å². The number of carbonyl (C=O) groups is 3. The van der Waals surface area contributed by atoms with E-state index in [-0.39, 0.29) is 31.5 Å². The maximum Gasteiger partial charge on any atom is 0.325 e. The van der Waals surface area contributed by atoms with Crippen molar-refractivity contribution in [2.45, 2.75) is 78.5 Å². The Kier molecular flexibility index (Phi) is 17.4. The van der Waals surface area contributed by atoms with Crippen LogP contribution >= 0.6 is 0 Å². The SMILES string of the molecule is CCCC(C)C(O)C(=O)NCC(=O)OCc1ccccc1.CCCC(C)C(O)C(=O)NCC(O)O. The highest BCUT2D eigenvalue weighted by Crippen LogP contribution is 2.11. The Labute approximate surface area is 207 Å². The number of hydrogen-bond acceptors (Lipinski definition) is 8. The van der Waals surface area contributed by atoms with E-state index in [4.69, 9.17) is 14.9 Å². The molecule has 10 nitrogen and oxygen atoms in total. The molecule has 0 aliphatic rings. The fraction of sp³-hybridized carbons (Fsp3) is 0.640. The largest absolute Gasteiger partial charge is 0.460 e. The van der Waals surface area contributed by atoms with Crippen molar-refractivity contribution in [1.29, 1.82) is 0 Å². The molecule has 1 aromatic carbocycles. The zero-order chi connectivity index (χ0) is 26.8. The van der Waals surface area contributed by atoms with Gasteiger partial charge < -0.3 is 35.8 Å². The highest BCUT2D eigenvalue weighted by Gasteiger charge is 2.22. The summed E-state index contributed by atoms with van der Waals surface area (Å²) < 4.78 is 5.03. The van der Waals surface area contributed by atoms with Crippen LogP contribution in [0.3, 0.4) is 0 Å². The second-order valence-electron chi connectivity index (χ2n) is 8.51. The molecule has 1 rings (SSSR count). The summed E-state index contributed by atoms with van der Waals surface area (Å²) in [4.78, 5) is 34.4. The number of amides is 2. The van der Waals surface area contributed by atoms with Gasteiger partial charge in [-0.3, -0.25) is 14.4 Å². The van der Waals surface area contributed by atoms with Crippen LogP contribution in [0.5, 0.6) is 0 Å². The molecule has 2 amide bonds. The number of hydrogen-bond donors (Lipinski definition) is 6. The molecule has 0 aromatic heterocycles. The van der Waals surface area contributed by atoms with Gasteiger partial charge in [0.2, 0.25) is 11.8 Å². The zero-order valence-electron chi connectivity index (χ0n) is 21.1. The lowest BCUT2D eigenvalue weighted by molar-refractivity contribution is -0.146. The van der Waals surface area contributed by atoms with Gasteiger partial charge in [0.1, 0.15) is 25.4 Å². The van der Waals surface area contributed by atoms with Crippen LogP contribution in [0.15, 0.2) is 30.3 Å². The average molecular weight is 499 g/mol. The third-order valence-corrected chi connectivity index (χ3v) is 5.21. The van der Waals surface area contributed by atoms with E-state index in [9.17, 15) is 24.6 Å². The number of aliphatic hydroxyl groups excluding tert-OH is 3. The summed E-state index contributed by atoms with van der Waals surface area (Å²) in [6.07, 6.45) is -0.435. The van der Waals surface area contributed by atoms with Crippen LogP contribution in [0.4, 0.5) is 0 Å². The lowest BCUT2D eigenvalue weighted by Crippen LogP contribution is -2.41. The van der Waals surface area contributed by atoms with Gasteiger partial charge in [-0.15, -0.1) is 0 Å². The van der Waals surface area contributed by atoms with Gasteiger partial charge in [-0.2, -0.15) is 0 Å². The minimum absolute atomic E-state index is 0.115. The first kappa shape index (κ1) is 32.5. The Morgan fingerprint density at radius 3 is 1.77 bits per heavy atom. The van der Waals surface area contributed by atoms with Crippen molar-refractivity contribution < 1.29 is 39.5 Å². The second-order valence-corrected chi connectivity index (χ2v) is 8.51. The Bertz CT molecular complexity index is 729. The highest BCUT2D eigenvalue weighted by atomic mass is 16.5. The predicted octanol–water partition coefficient (Wildman–Crippen LogP) is 0.854. The van der Waals surface area contributed by atoms with Crippen molar-refractivity contribution in [2.75, 3.05) is 13.1 Å². The summed E-state index contributed by atoms with van der Waals surface area (Å²) in [6, 6.07) is 9.29. The van der Waals surface area contributed by atoms with Gasteiger partial charge >= 0.3 is 5.97 Å². The molecule has 0 saturated carbocycles. The molecule has 4 unspecified atom stereocenters. The molecular weight excluding hydrogens is 456 g/mol. The lowest BCUT2D eigenvalue weighted by atomic mass is 9.99. The Morgan fingerprint density at radius 1 is 0.829 bits per heavy atom. The van der Waals surface area contributed by atoms with Gasteiger partial charge in [0.05, 0.1) is 6.54 Å². The molecule has 0 aliphatic heterocycles. The Morgan fingerprint density at radius 2 is 1.31 bits per heavy atom. The number of benzene rings is 1. The lowest BCUT2D eigenvalue weighted by Gasteiger charge is -2.17. The number of rotatable bonds is 14. The molecule has 200 valence electrons. The summed E-state index contributed by atoms with van der Waals surface area (Å²) in [5.41, 5.74) is 0.883. The van der Waals surface area contributed by atoms with E-state index >= 15 is 0 Å². The Hall–Kier alpha value is -2.53. The van der Waals surface area contributed by atoms with Gasteiger partial charge in [0, 0.05) is 0 Å². The van der Waals surface area contributed by atoms with E-state index in [0.29, 0.717) is 0 Å². The third-order valence-electron chi connectivity index (χ3n) is 5.21. The molecule has 0 fully saturated rings. The van der Waals surface area contributed by atoms with Crippen molar-refractivity contribution in [1.82, 2.24) is 10.6 Å². The van der Waals surface area contributed by atoms with E-state index in [1.807, 2.05) is 51.1 Å². The molecule has 4 atom stereocenters. The molecule has 0 spiro atoms. The monoisotopic (exact) mass is 498 g/mol. The molecule has 1 aromatic rings. The van der Waals surface area contributed by atoms with Crippen molar-refractivity contribution in [3.8, 4) is 0 Å². The Balaban J connectivity index is 0.000000720. The normalized spacial score (nSPS) is 14.1. The number of carbonyl (C=O) groups excluding carboxylic acids is 3.